The first kappa shape index (κ1) is 13.7. The van der Waals surface area contributed by atoms with Gasteiger partial charge in [-0.25, -0.2) is 4.98 Å². The van der Waals surface area contributed by atoms with E-state index in [2.05, 4.69) is 20.5 Å². The molecule has 0 aliphatic carbocycles. The first-order valence-corrected chi connectivity index (χ1v) is 6.80. The molecule has 0 aliphatic rings. The minimum absolute atomic E-state index is 0.134. The van der Waals surface area contributed by atoms with Crippen molar-refractivity contribution in [2.24, 2.45) is 5.73 Å². The smallest absolute Gasteiger partial charge is 0.252 e. The van der Waals surface area contributed by atoms with Crippen molar-refractivity contribution in [3.63, 3.8) is 0 Å². The van der Waals surface area contributed by atoms with Crippen molar-refractivity contribution in [1.82, 2.24) is 15.2 Å². The Kier molecular flexibility index (Phi) is 4.28. The topological polar surface area (TPSA) is 93.8 Å². The number of nitrogens with zero attached hydrogens (tertiary/aromatic N) is 3. The van der Waals surface area contributed by atoms with Crippen LogP contribution >= 0.6 is 22.9 Å². The molecule has 1 amide bonds. The van der Waals surface area contributed by atoms with Crippen LogP contribution in [0.15, 0.2) is 11.4 Å². The highest BCUT2D eigenvalue weighted by atomic mass is 35.5. The molecule has 0 radical (unpaired) electrons. The fraction of sp³-hybridized carbons (Fsp3) is 0.273. The molecule has 2 rings (SSSR count). The van der Waals surface area contributed by atoms with Crippen molar-refractivity contribution >= 4 is 34.7 Å². The lowest BCUT2D eigenvalue weighted by molar-refractivity contribution is 0.100. The predicted octanol–water partition coefficient (Wildman–Crippen LogP) is 1.65. The molecule has 0 fully saturated rings. The summed E-state index contributed by atoms with van der Waals surface area (Å²) in [5.41, 5.74) is 6.49. The highest BCUT2D eigenvalue weighted by Gasteiger charge is 2.11. The molecule has 0 saturated heterocycles. The maximum Gasteiger partial charge on any atom is 0.252 e. The van der Waals surface area contributed by atoms with Gasteiger partial charge in [-0.3, -0.25) is 4.79 Å². The number of carbonyl (C=O) groups excluding carboxylic acids is 1. The zero-order valence-corrected chi connectivity index (χ0v) is 11.8. The van der Waals surface area contributed by atoms with Gasteiger partial charge in [0, 0.05) is 24.0 Å². The van der Waals surface area contributed by atoms with Crippen LogP contribution in [-0.4, -0.2) is 27.6 Å². The van der Waals surface area contributed by atoms with Gasteiger partial charge in [0.25, 0.3) is 5.91 Å². The van der Waals surface area contributed by atoms with E-state index in [1.54, 1.807) is 11.3 Å². The maximum absolute atomic E-state index is 11.3. The van der Waals surface area contributed by atoms with E-state index in [1.807, 2.05) is 12.3 Å². The normalized spacial score (nSPS) is 10.4. The number of hydrogen-bond acceptors (Lipinski definition) is 6. The lowest BCUT2D eigenvalue weighted by atomic mass is 10.2. The van der Waals surface area contributed by atoms with Gasteiger partial charge in [-0.1, -0.05) is 11.6 Å². The molecule has 2 heterocycles. The molecule has 19 heavy (non-hydrogen) atoms. The molecule has 3 N–H and O–H groups in total. The van der Waals surface area contributed by atoms with Gasteiger partial charge < -0.3 is 11.1 Å². The molecule has 0 aliphatic heterocycles. The van der Waals surface area contributed by atoms with E-state index in [4.69, 9.17) is 17.3 Å². The minimum atomic E-state index is -0.593. The van der Waals surface area contributed by atoms with E-state index in [1.165, 1.54) is 6.07 Å². The molecule has 2 aromatic rings. The quantitative estimate of drug-likeness (QED) is 0.875. The highest BCUT2D eigenvalue weighted by Crippen LogP contribution is 2.15. The summed E-state index contributed by atoms with van der Waals surface area (Å²) in [6.07, 6.45) is 0.737. The van der Waals surface area contributed by atoms with Gasteiger partial charge in [-0.05, 0) is 13.0 Å². The number of rotatable bonds is 5. The zero-order chi connectivity index (χ0) is 13.8. The van der Waals surface area contributed by atoms with Crippen LogP contribution in [0.25, 0.3) is 0 Å². The average Bonchev–Trinajstić information content (AvgIpc) is 2.77. The van der Waals surface area contributed by atoms with Gasteiger partial charge >= 0.3 is 0 Å². The Balaban J connectivity index is 2.01. The van der Waals surface area contributed by atoms with Crippen molar-refractivity contribution in [2.45, 2.75) is 13.3 Å². The van der Waals surface area contributed by atoms with Gasteiger partial charge in [-0.15, -0.1) is 21.5 Å². The van der Waals surface area contributed by atoms with E-state index in [0.29, 0.717) is 12.4 Å². The summed E-state index contributed by atoms with van der Waals surface area (Å²) in [6.45, 7) is 2.53. The van der Waals surface area contributed by atoms with Crippen molar-refractivity contribution < 1.29 is 4.79 Å². The van der Waals surface area contributed by atoms with Crippen molar-refractivity contribution in [1.29, 1.82) is 0 Å². The highest BCUT2D eigenvalue weighted by molar-refractivity contribution is 7.09. The van der Waals surface area contributed by atoms with E-state index < -0.39 is 5.91 Å². The summed E-state index contributed by atoms with van der Waals surface area (Å²) in [5, 5.41) is 13.7. The van der Waals surface area contributed by atoms with Crippen molar-refractivity contribution in [2.75, 3.05) is 11.9 Å². The molecular formula is C11H12ClN5OS. The number of primary amides is 1. The average molecular weight is 298 g/mol. The molecule has 2 aromatic heterocycles. The van der Waals surface area contributed by atoms with Gasteiger partial charge in [-0.2, -0.15) is 0 Å². The van der Waals surface area contributed by atoms with Gasteiger partial charge in [0.1, 0.15) is 0 Å². The third kappa shape index (κ3) is 3.62. The number of halogens is 1. The summed E-state index contributed by atoms with van der Waals surface area (Å²) in [4.78, 5) is 15.6. The lowest BCUT2D eigenvalue weighted by Crippen LogP contribution is -2.17. The third-order valence-corrected chi connectivity index (χ3v) is 3.54. The Hall–Kier alpha value is -1.73. The number of thiazole rings is 1. The number of aromatic nitrogens is 3. The van der Waals surface area contributed by atoms with Crippen molar-refractivity contribution in [3.8, 4) is 0 Å². The first-order chi connectivity index (χ1) is 9.06. The molecule has 0 unspecified atom stereocenters. The van der Waals surface area contributed by atoms with Crippen LogP contribution in [0.2, 0.25) is 5.15 Å². The van der Waals surface area contributed by atoms with Gasteiger partial charge in [0.15, 0.2) is 11.0 Å². The number of nitrogens with one attached hydrogen (secondary N) is 1. The molecule has 100 valence electrons. The predicted molar refractivity (Wildman–Crippen MR) is 74.6 cm³/mol. The number of aryl methyl sites for hydroxylation is 1. The van der Waals surface area contributed by atoms with Gasteiger partial charge in [0.2, 0.25) is 0 Å². The summed E-state index contributed by atoms with van der Waals surface area (Å²) in [5.74, 6) is -0.255. The second-order valence-corrected chi connectivity index (χ2v) is 5.18. The van der Waals surface area contributed by atoms with Crippen LogP contribution in [-0.2, 0) is 6.42 Å². The van der Waals surface area contributed by atoms with E-state index >= 15 is 0 Å². The summed E-state index contributed by atoms with van der Waals surface area (Å²) < 4.78 is 0. The summed E-state index contributed by atoms with van der Waals surface area (Å²) >= 11 is 7.27. The van der Waals surface area contributed by atoms with Crippen molar-refractivity contribution in [3.05, 3.63) is 32.9 Å². The molecule has 0 aromatic carbocycles. The summed E-state index contributed by atoms with van der Waals surface area (Å²) in [7, 11) is 0. The number of nitrogens with two attached hydrogens (primary N) is 1. The monoisotopic (exact) mass is 297 g/mol. The SMILES string of the molecule is Cc1csc(CCNc2nnc(Cl)cc2C(N)=O)n1. The molecule has 0 spiro atoms. The number of amides is 1. The fourth-order valence-electron chi connectivity index (χ4n) is 1.49. The summed E-state index contributed by atoms with van der Waals surface area (Å²) in [6, 6.07) is 1.40. The zero-order valence-electron chi connectivity index (χ0n) is 10.2. The molecular weight excluding hydrogens is 286 g/mol. The molecule has 0 bridgehead atoms. The Labute approximate surface area is 119 Å². The second-order valence-electron chi connectivity index (χ2n) is 3.85. The number of carbonyl (C=O) groups is 1. The largest absolute Gasteiger partial charge is 0.367 e. The lowest BCUT2D eigenvalue weighted by Gasteiger charge is -2.07. The molecule has 8 heteroatoms. The van der Waals surface area contributed by atoms with E-state index in [-0.39, 0.29) is 10.7 Å². The molecule has 0 atom stereocenters. The van der Waals surface area contributed by atoms with Crippen LogP contribution in [0, 0.1) is 6.92 Å². The molecule has 6 nitrogen and oxygen atoms in total. The van der Waals surface area contributed by atoms with Crippen LogP contribution in [0.3, 0.4) is 0 Å². The molecule has 0 saturated carbocycles. The van der Waals surface area contributed by atoms with Crippen LogP contribution in [0.1, 0.15) is 21.1 Å². The van der Waals surface area contributed by atoms with Crippen LogP contribution in [0.4, 0.5) is 5.82 Å². The Morgan fingerprint density at radius 2 is 2.32 bits per heavy atom. The number of anilines is 1. The van der Waals surface area contributed by atoms with Crippen LogP contribution in [0.5, 0.6) is 0 Å². The van der Waals surface area contributed by atoms with E-state index in [0.717, 1.165) is 17.1 Å². The Morgan fingerprint density at radius 3 is 2.95 bits per heavy atom. The Bertz CT molecular complexity index is 601. The third-order valence-electron chi connectivity index (χ3n) is 2.33. The maximum atomic E-state index is 11.3. The Morgan fingerprint density at radius 1 is 1.53 bits per heavy atom. The van der Waals surface area contributed by atoms with Crippen LogP contribution < -0.4 is 11.1 Å². The first-order valence-electron chi connectivity index (χ1n) is 5.54. The fourth-order valence-corrected chi connectivity index (χ4v) is 2.41. The van der Waals surface area contributed by atoms with E-state index in [9.17, 15) is 4.79 Å². The minimum Gasteiger partial charge on any atom is -0.367 e. The van der Waals surface area contributed by atoms with Gasteiger partial charge in [0.05, 0.1) is 10.6 Å². The second kappa shape index (κ2) is 5.94. The standard InChI is InChI=1S/C11H12ClN5OS/c1-6-5-19-9(15-6)2-3-14-11-7(10(13)18)4-8(12)16-17-11/h4-5H,2-3H2,1H3,(H2,13,18)(H,14,17). The number of hydrogen-bond donors (Lipinski definition) is 2.